The maximum Gasteiger partial charge on any atom is 0.329 e. The van der Waals surface area contributed by atoms with Gasteiger partial charge in [0.15, 0.2) is 0 Å². The summed E-state index contributed by atoms with van der Waals surface area (Å²) in [5.41, 5.74) is -0.558. The number of fused-ring (bicyclic) bond motifs is 1. The highest BCUT2D eigenvalue weighted by Crippen LogP contribution is 2.08. The number of rotatable bonds is 2. The third kappa shape index (κ3) is 2.13. The number of aryl methyl sites for hydroxylation is 1. The number of hydrogen-bond donors (Lipinski definition) is 2. The Hall–Kier alpha value is -1.76. The highest BCUT2D eigenvalue weighted by molar-refractivity contribution is 7.71. The number of nitrogens with zero attached hydrogens (tertiary/aromatic N) is 2. The van der Waals surface area contributed by atoms with E-state index in [-0.39, 0.29) is 10.0 Å². The molecule has 2 aromatic heterocycles. The quantitative estimate of drug-likeness (QED) is 0.790. The van der Waals surface area contributed by atoms with Crippen molar-refractivity contribution < 1.29 is 0 Å². The van der Waals surface area contributed by atoms with Crippen molar-refractivity contribution in [3.63, 3.8) is 0 Å². The van der Waals surface area contributed by atoms with Gasteiger partial charge in [-0.15, -0.1) is 0 Å². The van der Waals surface area contributed by atoms with Crippen LogP contribution in [0.3, 0.4) is 0 Å². The molecule has 0 fully saturated rings. The van der Waals surface area contributed by atoms with Gasteiger partial charge in [-0.3, -0.25) is 14.3 Å². The molecule has 0 saturated heterocycles. The zero-order valence-electron chi connectivity index (χ0n) is 10.4. The molecule has 0 bridgehead atoms. The third-order valence-electron chi connectivity index (χ3n) is 2.64. The fourth-order valence-electron chi connectivity index (χ4n) is 1.79. The lowest BCUT2D eigenvalue weighted by molar-refractivity contribution is 0.620. The van der Waals surface area contributed by atoms with Gasteiger partial charge in [0.05, 0.1) is 0 Å². The van der Waals surface area contributed by atoms with Gasteiger partial charge < -0.3 is 4.98 Å². The monoisotopic (exact) mass is 266 g/mol. The van der Waals surface area contributed by atoms with Crippen LogP contribution in [0.5, 0.6) is 0 Å². The van der Waals surface area contributed by atoms with E-state index in [2.05, 4.69) is 28.8 Å². The van der Waals surface area contributed by atoms with Crippen LogP contribution in [0.1, 0.15) is 19.7 Å². The highest BCUT2D eigenvalue weighted by Gasteiger charge is 2.10. The molecule has 6 nitrogen and oxygen atoms in total. The summed E-state index contributed by atoms with van der Waals surface area (Å²) in [6.07, 6.45) is 0.709. The van der Waals surface area contributed by atoms with Gasteiger partial charge in [-0.1, -0.05) is 26.1 Å². The zero-order chi connectivity index (χ0) is 13.4. The van der Waals surface area contributed by atoms with Gasteiger partial charge >= 0.3 is 5.69 Å². The normalized spacial score (nSPS) is 11.3. The van der Waals surface area contributed by atoms with Crippen LogP contribution in [0.4, 0.5) is 0 Å². The molecule has 7 heteroatoms. The molecule has 0 spiro atoms. The molecule has 2 aromatic rings. The fraction of sp³-hybridized carbons (Fsp3) is 0.455. The molecule has 2 heterocycles. The lowest BCUT2D eigenvalue weighted by atomic mass is 10.1. The minimum atomic E-state index is -0.502. The molecule has 18 heavy (non-hydrogen) atoms. The Morgan fingerprint density at radius 2 is 2.00 bits per heavy atom. The molecule has 0 saturated carbocycles. The van der Waals surface area contributed by atoms with E-state index >= 15 is 0 Å². The van der Waals surface area contributed by atoms with Crippen LogP contribution < -0.4 is 11.2 Å². The van der Waals surface area contributed by atoms with Gasteiger partial charge in [0.2, 0.25) is 0 Å². The van der Waals surface area contributed by atoms with E-state index in [1.54, 1.807) is 7.05 Å². The summed E-state index contributed by atoms with van der Waals surface area (Å²) in [6.45, 7) is 4.11. The minimum absolute atomic E-state index is 0.219. The van der Waals surface area contributed by atoms with Crippen LogP contribution in [-0.4, -0.2) is 19.5 Å². The second-order valence-corrected chi connectivity index (χ2v) is 5.02. The molecule has 0 unspecified atom stereocenters. The first-order valence-corrected chi connectivity index (χ1v) is 6.03. The summed E-state index contributed by atoms with van der Waals surface area (Å²) in [6, 6.07) is 0. The van der Waals surface area contributed by atoms with Crippen LogP contribution >= 0.6 is 12.2 Å². The second-order valence-electron chi connectivity index (χ2n) is 4.63. The molecule has 0 amide bonds. The Balaban J connectivity index is 2.88. The zero-order valence-corrected chi connectivity index (χ0v) is 11.2. The molecule has 0 radical (unpaired) electrons. The topological polar surface area (TPSA) is 83.5 Å². The Morgan fingerprint density at radius 1 is 1.33 bits per heavy atom. The smallest absolute Gasteiger partial charge is 0.329 e. The van der Waals surface area contributed by atoms with Gasteiger partial charge in [0.1, 0.15) is 21.5 Å². The van der Waals surface area contributed by atoms with Gasteiger partial charge in [-0.25, -0.2) is 9.78 Å². The van der Waals surface area contributed by atoms with Crippen molar-refractivity contribution in [2.75, 3.05) is 0 Å². The average Bonchev–Trinajstić information content (AvgIpc) is 2.24. The van der Waals surface area contributed by atoms with E-state index in [1.165, 1.54) is 4.57 Å². The van der Waals surface area contributed by atoms with E-state index in [1.807, 2.05) is 0 Å². The number of hydrogen-bond acceptors (Lipinski definition) is 4. The summed E-state index contributed by atoms with van der Waals surface area (Å²) in [4.78, 5) is 32.7. The average molecular weight is 266 g/mol. The lowest BCUT2D eigenvalue weighted by Gasteiger charge is -2.08. The molecule has 0 aromatic carbocycles. The Bertz CT molecular complexity index is 769. The second kappa shape index (κ2) is 4.49. The molecule has 0 aliphatic heterocycles. The predicted molar refractivity (Wildman–Crippen MR) is 71.3 cm³/mol. The lowest BCUT2D eigenvalue weighted by Crippen LogP contribution is -2.29. The summed E-state index contributed by atoms with van der Waals surface area (Å²) >= 11 is 5.12. The van der Waals surface area contributed by atoms with E-state index in [0.717, 1.165) is 0 Å². The number of aromatic amines is 2. The van der Waals surface area contributed by atoms with Gasteiger partial charge in [-0.2, -0.15) is 0 Å². The van der Waals surface area contributed by atoms with Crippen molar-refractivity contribution >= 4 is 23.3 Å². The molecule has 0 atom stereocenters. The standard InChI is InChI=1S/C11H14N4O2S/c1-5(2)4-6-12-8-7(10(18)13-6)9(16)14-11(17)15(8)3/h5H,4H2,1-3H3,(H,12,13,18)(H,14,16,17). The molecular weight excluding hydrogens is 252 g/mol. The summed E-state index contributed by atoms with van der Waals surface area (Å²) in [7, 11) is 1.57. The Kier molecular flexibility index (Phi) is 3.16. The predicted octanol–water partition coefficient (Wildman–Crippen LogP) is 0.878. The van der Waals surface area contributed by atoms with E-state index in [4.69, 9.17) is 12.2 Å². The van der Waals surface area contributed by atoms with Crippen molar-refractivity contribution in [3.05, 3.63) is 31.3 Å². The van der Waals surface area contributed by atoms with Crippen molar-refractivity contribution in [2.24, 2.45) is 13.0 Å². The first-order valence-electron chi connectivity index (χ1n) is 5.62. The Morgan fingerprint density at radius 3 is 2.61 bits per heavy atom. The van der Waals surface area contributed by atoms with Crippen molar-refractivity contribution in [1.82, 2.24) is 19.5 Å². The molecule has 2 rings (SSSR count). The van der Waals surface area contributed by atoms with Gasteiger partial charge in [0, 0.05) is 13.5 Å². The summed E-state index contributed by atoms with van der Waals surface area (Å²) in [5.74, 6) is 1.09. The maximum absolute atomic E-state index is 11.7. The van der Waals surface area contributed by atoms with E-state index in [9.17, 15) is 9.59 Å². The fourth-order valence-corrected chi connectivity index (χ4v) is 2.09. The summed E-state index contributed by atoms with van der Waals surface area (Å²) < 4.78 is 1.55. The van der Waals surface area contributed by atoms with Gasteiger partial charge in [-0.05, 0) is 5.92 Å². The van der Waals surface area contributed by atoms with Crippen molar-refractivity contribution in [2.45, 2.75) is 20.3 Å². The Labute approximate surface area is 108 Å². The minimum Gasteiger partial charge on any atom is -0.329 e. The van der Waals surface area contributed by atoms with Crippen molar-refractivity contribution in [3.8, 4) is 0 Å². The SMILES string of the molecule is CC(C)Cc1nc(=S)c2c(=O)[nH]c(=O)n(C)c2[nH]1. The maximum atomic E-state index is 11.7. The van der Waals surface area contributed by atoms with Crippen LogP contribution in [0.25, 0.3) is 11.0 Å². The van der Waals surface area contributed by atoms with E-state index in [0.29, 0.717) is 23.8 Å². The van der Waals surface area contributed by atoms with Crippen LogP contribution in [0, 0.1) is 10.6 Å². The van der Waals surface area contributed by atoms with E-state index < -0.39 is 11.2 Å². The van der Waals surface area contributed by atoms with Crippen molar-refractivity contribution in [1.29, 1.82) is 0 Å². The number of aromatic nitrogens is 4. The molecule has 0 aliphatic carbocycles. The first kappa shape index (κ1) is 12.7. The van der Waals surface area contributed by atoms with Gasteiger partial charge in [0.25, 0.3) is 5.56 Å². The first-order chi connectivity index (χ1) is 8.40. The molecule has 2 N–H and O–H groups in total. The molecular formula is C11H14N4O2S. The summed E-state index contributed by atoms with van der Waals surface area (Å²) in [5, 5.41) is 0.250. The number of H-pyrrole nitrogens is 2. The van der Waals surface area contributed by atoms with Crippen LogP contribution in [-0.2, 0) is 13.5 Å². The van der Waals surface area contributed by atoms with Crippen LogP contribution in [0.15, 0.2) is 9.59 Å². The molecule has 96 valence electrons. The third-order valence-corrected chi connectivity index (χ3v) is 2.93. The highest BCUT2D eigenvalue weighted by atomic mass is 32.1. The van der Waals surface area contributed by atoms with Crippen LogP contribution in [0.2, 0.25) is 0 Å². The number of nitrogens with one attached hydrogen (secondary N) is 2. The largest absolute Gasteiger partial charge is 0.329 e. The molecule has 0 aliphatic rings.